The third-order valence-electron chi connectivity index (χ3n) is 5.62. The lowest BCUT2D eigenvalue weighted by atomic mass is 10.0. The summed E-state index contributed by atoms with van der Waals surface area (Å²) in [6.45, 7) is 2.09. The Morgan fingerprint density at radius 2 is 1.62 bits per heavy atom. The van der Waals surface area contributed by atoms with Crippen LogP contribution in [-0.4, -0.2) is 29.9 Å². The molecular weight excluding hydrogens is 402 g/mol. The summed E-state index contributed by atoms with van der Waals surface area (Å²) in [5, 5.41) is 11.4. The highest BCUT2D eigenvalue weighted by atomic mass is 16.2. The van der Waals surface area contributed by atoms with Crippen molar-refractivity contribution in [3.63, 3.8) is 0 Å². The molecule has 1 aromatic heterocycles. The van der Waals surface area contributed by atoms with E-state index in [-0.39, 0.29) is 11.8 Å². The number of hydrogen-bond donors (Lipinski definition) is 2. The second-order valence-electron chi connectivity index (χ2n) is 7.68. The van der Waals surface area contributed by atoms with Crippen LogP contribution in [0.4, 0.5) is 11.4 Å². The van der Waals surface area contributed by atoms with Crippen LogP contribution in [0.2, 0.25) is 0 Å². The van der Waals surface area contributed by atoms with Crippen LogP contribution >= 0.6 is 0 Å². The van der Waals surface area contributed by atoms with Crippen LogP contribution in [-0.2, 0) is 0 Å². The Morgan fingerprint density at radius 3 is 2.28 bits per heavy atom. The van der Waals surface area contributed by atoms with Gasteiger partial charge >= 0.3 is 0 Å². The molecule has 0 saturated carbocycles. The van der Waals surface area contributed by atoms with E-state index in [1.54, 1.807) is 42.7 Å². The summed E-state index contributed by atoms with van der Waals surface area (Å²) in [4.78, 5) is 28.4. The summed E-state index contributed by atoms with van der Waals surface area (Å²) < 4.78 is 0. The average molecular weight is 425 g/mol. The smallest absolute Gasteiger partial charge is 0.258 e. The number of carbonyl (C=O) groups excluding carboxylic acids is 2. The maximum atomic E-state index is 10.9. The highest BCUT2D eigenvalue weighted by Gasteiger charge is 2.25. The van der Waals surface area contributed by atoms with E-state index >= 15 is 0 Å². The predicted molar refractivity (Wildman–Crippen MR) is 123 cm³/mol. The van der Waals surface area contributed by atoms with E-state index in [0.29, 0.717) is 16.7 Å². The summed E-state index contributed by atoms with van der Waals surface area (Å²) in [7, 11) is 0. The number of pyridine rings is 1. The van der Waals surface area contributed by atoms with Crippen molar-refractivity contribution in [3.8, 4) is 17.2 Å². The van der Waals surface area contributed by atoms with E-state index in [9.17, 15) is 14.9 Å². The average Bonchev–Trinajstić information content (AvgIpc) is 3.14. The van der Waals surface area contributed by atoms with E-state index in [1.165, 1.54) is 19.3 Å². The van der Waals surface area contributed by atoms with Crippen molar-refractivity contribution in [1.82, 2.24) is 10.3 Å². The number of fused-ring (bicyclic) bond motifs is 1. The first-order valence-corrected chi connectivity index (χ1v) is 10.5. The van der Waals surface area contributed by atoms with Gasteiger partial charge in [-0.3, -0.25) is 19.9 Å². The van der Waals surface area contributed by atoms with Crippen molar-refractivity contribution in [2.75, 3.05) is 23.7 Å². The fraction of sp³-hybridized carbons (Fsp3) is 0.200. The molecule has 0 unspecified atom stereocenters. The van der Waals surface area contributed by atoms with Crippen molar-refractivity contribution < 1.29 is 9.59 Å². The van der Waals surface area contributed by atoms with Crippen LogP contribution in [0, 0.1) is 11.3 Å². The number of nitrogens with two attached hydrogens (primary N) is 1. The van der Waals surface area contributed by atoms with Crippen molar-refractivity contribution >= 4 is 23.2 Å². The fourth-order valence-electron chi connectivity index (χ4n) is 3.96. The van der Waals surface area contributed by atoms with E-state index in [2.05, 4.69) is 27.3 Å². The topological polar surface area (TPSA) is 112 Å². The Labute approximate surface area is 186 Å². The number of hydrogen-bond acceptors (Lipinski definition) is 6. The molecule has 0 bridgehead atoms. The number of imide groups is 1. The van der Waals surface area contributed by atoms with Crippen LogP contribution in [0.25, 0.3) is 11.1 Å². The van der Waals surface area contributed by atoms with Crippen LogP contribution < -0.4 is 16.0 Å². The molecule has 5 rings (SSSR count). The lowest BCUT2D eigenvalue weighted by molar-refractivity contribution is 0.0879. The van der Waals surface area contributed by atoms with E-state index < -0.39 is 0 Å². The fourth-order valence-corrected chi connectivity index (χ4v) is 3.96. The van der Waals surface area contributed by atoms with E-state index in [1.807, 2.05) is 12.1 Å². The van der Waals surface area contributed by atoms with Gasteiger partial charge in [-0.25, -0.2) is 0 Å². The molecule has 160 valence electrons. The molecule has 1 fully saturated rings. The lowest BCUT2D eigenvalue weighted by Gasteiger charge is -2.30. The molecule has 2 aliphatic rings. The maximum Gasteiger partial charge on any atom is 0.258 e. The number of nitrogens with one attached hydrogen (secondary N) is 1. The van der Waals surface area contributed by atoms with Gasteiger partial charge in [-0.15, -0.1) is 0 Å². The summed E-state index contributed by atoms with van der Waals surface area (Å²) in [5.74, 6) is -0.601. The normalized spacial score (nSPS) is 14.7. The molecule has 1 saturated heterocycles. The Bertz CT molecular complexity index is 1180. The largest absolute Gasteiger partial charge is 0.397 e. The number of aromatic nitrogens is 1. The molecule has 2 aliphatic heterocycles. The number of rotatable bonds is 2. The highest BCUT2D eigenvalue weighted by molar-refractivity contribution is 6.21. The number of nitrogen functional groups attached to an aromatic ring is 1. The third-order valence-corrected chi connectivity index (χ3v) is 5.62. The quantitative estimate of drug-likeness (QED) is 0.478. The van der Waals surface area contributed by atoms with Gasteiger partial charge < -0.3 is 10.6 Å². The number of amides is 2. The zero-order chi connectivity index (χ0) is 22.5. The zero-order valence-corrected chi connectivity index (χ0v) is 17.5. The van der Waals surface area contributed by atoms with Gasteiger partial charge in [0, 0.05) is 31.0 Å². The maximum absolute atomic E-state index is 10.9. The highest BCUT2D eigenvalue weighted by Crippen LogP contribution is 2.32. The third kappa shape index (κ3) is 4.30. The minimum Gasteiger partial charge on any atom is -0.397 e. The van der Waals surface area contributed by atoms with Crippen LogP contribution in [0.15, 0.2) is 60.9 Å². The first kappa shape index (κ1) is 21.1. The zero-order valence-electron chi connectivity index (χ0n) is 17.5. The number of nitrogens with zero attached hydrogens (tertiary/aromatic N) is 3. The lowest BCUT2D eigenvalue weighted by Crippen LogP contribution is -2.30. The van der Waals surface area contributed by atoms with Gasteiger partial charge in [0.1, 0.15) is 0 Å². The molecule has 32 heavy (non-hydrogen) atoms. The first-order chi connectivity index (χ1) is 15.6. The summed E-state index contributed by atoms with van der Waals surface area (Å²) in [6, 6.07) is 16.7. The molecule has 3 N–H and O–H groups in total. The number of benzene rings is 2. The van der Waals surface area contributed by atoms with Gasteiger partial charge in [-0.05, 0) is 55.2 Å². The molecule has 0 atom stereocenters. The van der Waals surface area contributed by atoms with Gasteiger partial charge in [0.2, 0.25) is 0 Å². The minimum atomic E-state index is -0.300. The number of carbonyl (C=O) groups is 2. The molecule has 2 aromatic carbocycles. The molecule has 7 heteroatoms. The van der Waals surface area contributed by atoms with Gasteiger partial charge in [-0.2, -0.15) is 5.26 Å². The van der Waals surface area contributed by atoms with Gasteiger partial charge in [0.15, 0.2) is 0 Å². The Morgan fingerprint density at radius 1 is 0.938 bits per heavy atom. The number of nitriles is 1. The van der Waals surface area contributed by atoms with Crippen molar-refractivity contribution in [2.45, 2.75) is 19.3 Å². The Balaban J connectivity index is 0.000000186. The molecule has 3 aromatic rings. The van der Waals surface area contributed by atoms with Crippen molar-refractivity contribution in [3.05, 3.63) is 77.6 Å². The minimum absolute atomic E-state index is 0.300. The summed E-state index contributed by atoms with van der Waals surface area (Å²) >= 11 is 0. The molecule has 2 amide bonds. The SMILES string of the molecule is N#Cc1ccncc1-c1ccc(N)c(N2CCCCC2)c1.O=C1NC(=O)c2ccccc21. The molecule has 7 nitrogen and oxygen atoms in total. The van der Waals surface area contributed by atoms with E-state index in [4.69, 9.17) is 5.73 Å². The number of anilines is 2. The molecule has 3 heterocycles. The molecule has 0 spiro atoms. The second-order valence-corrected chi connectivity index (χ2v) is 7.68. The van der Waals surface area contributed by atoms with Crippen LogP contribution in [0.1, 0.15) is 45.5 Å². The van der Waals surface area contributed by atoms with Gasteiger partial charge in [-0.1, -0.05) is 18.2 Å². The monoisotopic (exact) mass is 425 g/mol. The molecular formula is C25H23N5O2. The van der Waals surface area contributed by atoms with Gasteiger partial charge in [0.05, 0.1) is 34.1 Å². The van der Waals surface area contributed by atoms with Crippen molar-refractivity contribution in [1.29, 1.82) is 5.26 Å². The predicted octanol–water partition coefficient (Wildman–Crippen LogP) is 3.76. The van der Waals surface area contributed by atoms with E-state index in [0.717, 1.165) is 35.6 Å². The summed E-state index contributed by atoms with van der Waals surface area (Å²) in [6.07, 6.45) is 7.09. The first-order valence-electron chi connectivity index (χ1n) is 10.5. The van der Waals surface area contributed by atoms with Crippen LogP contribution in [0.3, 0.4) is 0 Å². The second kappa shape index (κ2) is 9.31. The Kier molecular flexibility index (Phi) is 6.13. The number of piperidine rings is 1. The Hall–Kier alpha value is -4.18. The van der Waals surface area contributed by atoms with Crippen LogP contribution in [0.5, 0.6) is 0 Å². The standard InChI is InChI=1S/C17H18N4.C8H5NO2/c18-11-14-6-7-20-12-15(14)13-4-5-16(19)17(10-13)21-8-2-1-3-9-21;10-7-5-3-1-2-4-6(5)8(11)9-7/h4-7,10,12H,1-3,8-9,19H2;1-4H,(H,9,10,11). The molecule has 0 radical (unpaired) electrons. The van der Waals surface area contributed by atoms with Gasteiger partial charge in [0.25, 0.3) is 11.8 Å². The molecule has 0 aliphatic carbocycles. The van der Waals surface area contributed by atoms with Crippen molar-refractivity contribution in [2.24, 2.45) is 0 Å². The summed E-state index contributed by atoms with van der Waals surface area (Å²) in [5.41, 5.74) is 11.4.